The average Bonchev–Trinajstić information content (AvgIpc) is 2.52. The lowest BCUT2D eigenvalue weighted by Gasteiger charge is -2.38. The van der Waals surface area contributed by atoms with Crippen molar-refractivity contribution in [2.75, 3.05) is 0 Å². The Morgan fingerprint density at radius 1 is 1.28 bits per heavy atom. The number of hydrogen-bond donors (Lipinski definition) is 1. The van der Waals surface area contributed by atoms with Crippen LogP contribution in [0.4, 0.5) is 0 Å². The van der Waals surface area contributed by atoms with Gasteiger partial charge in [-0.3, -0.25) is 4.79 Å². The van der Waals surface area contributed by atoms with Crippen molar-refractivity contribution in [3.63, 3.8) is 0 Å². The molecule has 1 aliphatic heterocycles. The van der Waals surface area contributed by atoms with Gasteiger partial charge in [0, 0.05) is 23.1 Å². The maximum Gasteiger partial charge on any atom is 0.244 e. The molecule has 4 heteroatoms. The van der Waals surface area contributed by atoms with E-state index in [1.807, 2.05) is 57.2 Å². The van der Waals surface area contributed by atoms with E-state index in [2.05, 4.69) is 5.32 Å². The Labute approximate surface area is 153 Å². The quantitative estimate of drug-likeness (QED) is 0.779. The van der Waals surface area contributed by atoms with Crippen molar-refractivity contribution in [3.8, 4) is 5.75 Å². The smallest absolute Gasteiger partial charge is 0.244 e. The molecule has 0 spiro atoms. The lowest BCUT2D eigenvalue weighted by atomic mass is 9.89. The number of halogens is 1. The van der Waals surface area contributed by atoms with Gasteiger partial charge in [0.1, 0.15) is 11.4 Å². The molecule has 0 saturated carbocycles. The highest BCUT2D eigenvalue weighted by Crippen LogP contribution is 2.39. The summed E-state index contributed by atoms with van der Waals surface area (Å²) in [6, 6.07) is 13.5. The van der Waals surface area contributed by atoms with E-state index < -0.39 is 0 Å². The fraction of sp³-hybridized carbons (Fsp3) is 0.286. The summed E-state index contributed by atoms with van der Waals surface area (Å²) in [6.45, 7) is 6.11. The molecule has 0 unspecified atom stereocenters. The highest BCUT2D eigenvalue weighted by atomic mass is 35.5. The summed E-state index contributed by atoms with van der Waals surface area (Å²) in [7, 11) is 0. The summed E-state index contributed by atoms with van der Waals surface area (Å²) in [5, 5.41) is 3.72. The first kappa shape index (κ1) is 17.6. The Bertz CT molecular complexity index is 826. The van der Waals surface area contributed by atoms with Crippen LogP contribution in [0.3, 0.4) is 0 Å². The normalized spacial score (nSPS) is 18.5. The van der Waals surface area contributed by atoms with Gasteiger partial charge in [0.15, 0.2) is 0 Å². The molecule has 1 heterocycles. The molecule has 3 rings (SSSR count). The van der Waals surface area contributed by atoms with E-state index >= 15 is 0 Å². The average molecular weight is 356 g/mol. The summed E-state index contributed by atoms with van der Waals surface area (Å²) < 4.78 is 6.07. The molecule has 25 heavy (non-hydrogen) atoms. The molecule has 1 aliphatic rings. The van der Waals surface area contributed by atoms with Gasteiger partial charge in [-0.1, -0.05) is 41.9 Å². The first-order valence-corrected chi connectivity index (χ1v) is 8.74. The summed E-state index contributed by atoms with van der Waals surface area (Å²) in [6.07, 6.45) is 3.98. The van der Waals surface area contributed by atoms with Gasteiger partial charge in [0.05, 0.1) is 6.04 Å². The second-order valence-electron chi connectivity index (χ2n) is 7.02. The zero-order chi connectivity index (χ0) is 18.0. The van der Waals surface area contributed by atoms with Crippen LogP contribution in [0.15, 0.2) is 48.5 Å². The number of carbonyl (C=O) groups is 1. The minimum atomic E-state index is -0.328. The third-order valence-corrected chi connectivity index (χ3v) is 4.61. The van der Waals surface area contributed by atoms with Crippen molar-refractivity contribution in [2.45, 2.75) is 38.8 Å². The van der Waals surface area contributed by atoms with Crippen LogP contribution in [-0.2, 0) is 4.79 Å². The zero-order valence-corrected chi connectivity index (χ0v) is 15.4. The van der Waals surface area contributed by atoms with Crippen LogP contribution in [0.25, 0.3) is 6.08 Å². The van der Waals surface area contributed by atoms with Crippen molar-refractivity contribution >= 4 is 23.6 Å². The Kier molecular flexibility index (Phi) is 4.87. The van der Waals surface area contributed by atoms with Crippen molar-refractivity contribution in [3.05, 3.63) is 70.3 Å². The van der Waals surface area contributed by atoms with Gasteiger partial charge in [-0.05, 0) is 50.1 Å². The number of benzene rings is 2. The molecule has 1 amide bonds. The van der Waals surface area contributed by atoms with Crippen LogP contribution in [0, 0.1) is 6.92 Å². The summed E-state index contributed by atoms with van der Waals surface area (Å²) in [5.41, 5.74) is 2.65. The van der Waals surface area contributed by atoms with Crippen molar-refractivity contribution in [1.82, 2.24) is 5.32 Å². The van der Waals surface area contributed by atoms with Gasteiger partial charge in [-0.25, -0.2) is 0 Å². The molecule has 2 aromatic carbocycles. The molecule has 2 aromatic rings. The second kappa shape index (κ2) is 6.93. The molecule has 1 atom stereocenters. The molecule has 130 valence electrons. The van der Waals surface area contributed by atoms with Crippen molar-refractivity contribution in [1.29, 1.82) is 0 Å². The van der Waals surface area contributed by atoms with E-state index in [0.29, 0.717) is 11.4 Å². The lowest BCUT2D eigenvalue weighted by molar-refractivity contribution is -0.117. The number of aryl methyl sites for hydroxylation is 1. The monoisotopic (exact) mass is 355 g/mol. The SMILES string of the molecule is Cc1ccc2c(c1)OC(C)(C)C[C@@H]2NC(=O)/C=C/c1ccccc1Cl. The number of hydrogen-bond acceptors (Lipinski definition) is 2. The summed E-state index contributed by atoms with van der Waals surface area (Å²) in [5.74, 6) is 0.700. The predicted molar refractivity (Wildman–Crippen MR) is 102 cm³/mol. The fourth-order valence-corrected chi connectivity index (χ4v) is 3.28. The third-order valence-electron chi connectivity index (χ3n) is 4.26. The van der Waals surface area contributed by atoms with Crippen LogP contribution in [-0.4, -0.2) is 11.5 Å². The molecule has 0 bridgehead atoms. The van der Waals surface area contributed by atoms with E-state index in [4.69, 9.17) is 16.3 Å². The van der Waals surface area contributed by atoms with Crippen molar-refractivity contribution < 1.29 is 9.53 Å². The Morgan fingerprint density at radius 3 is 2.80 bits per heavy atom. The molecule has 1 N–H and O–H groups in total. The molecule has 3 nitrogen and oxygen atoms in total. The second-order valence-corrected chi connectivity index (χ2v) is 7.43. The van der Waals surface area contributed by atoms with Gasteiger partial charge in [0.2, 0.25) is 5.91 Å². The van der Waals surface area contributed by atoms with E-state index in [-0.39, 0.29) is 17.6 Å². The number of nitrogens with one attached hydrogen (secondary N) is 1. The number of amides is 1. The van der Waals surface area contributed by atoms with Crippen LogP contribution in [0.2, 0.25) is 5.02 Å². The topological polar surface area (TPSA) is 38.3 Å². The van der Waals surface area contributed by atoms with Crippen LogP contribution >= 0.6 is 11.6 Å². The highest BCUT2D eigenvalue weighted by Gasteiger charge is 2.34. The van der Waals surface area contributed by atoms with E-state index in [9.17, 15) is 4.79 Å². The third kappa shape index (κ3) is 4.23. The minimum Gasteiger partial charge on any atom is -0.487 e. The molecule has 0 aromatic heterocycles. The van der Waals surface area contributed by atoms with E-state index in [1.54, 1.807) is 12.1 Å². The summed E-state index contributed by atoms with van der Waals surface area (Å²) >= 11 is 6.12. The van der Waals surface area contributed by atoms with Crippen LogP contribution < -0.4 is 10.1 Å². The predicted octanol–water partition coefficient (Wildman–Crippen LogP) is 5.08. The van der Waals surface area contributed by atoms with Gasteiger partial charge in [-0.2, -0.15) is 0 Å². The number of carbonyl (C=O) groups excluding carboxylic acids is 1. The molecule has 0 saturated heterocycles. The maximum absolute atomic E-state index is 12.4. The Hall–Kier alpha value is -2.26. The molecular formula is C21H22ClNO2. The molecule has 0 aliphatic carbocycles. The fourth-order valence-electron chi connectivity index (χ4n) is 3.08. The maximum atomic E-state index is 12.4. The van der Waals surface area contributed by atoms with E-state index in [1.165, 1.54) is 6.08 Å². The number of rotatable bonds is 3. The minimum absolute atomic E-state index is 0.0808. The standard InChI is InChI=1S/C21H22ClNO2/c1-14-8-10-16-18(13-21(2,3)25-19(16)12-14)23-20(24)11-9-15-6-4-5-7-17(15)22/h4-12,18H,13H2,1-3H3,(H,23,24)/b11-9+/t18-/m0/s1. The van der Waals surface area contributed by atoms with E-state index in [0.717, 1.165) is 22.4 Å². The van der Waals surface area contributed by atoms with Gasteiger partial charge < -0.3 is 10.1 Å². The van der Waals surface area contributed by atoms with Gasteiger partial charge >= 0.3 is 0 Å². The van der Waals surface area contributed by atoms with Crippen molar-refractivity contribution in [2.24, 2.45) is 0 Å². The zero-order valence-electron chi connectivity index (χ0n) is 14.7. The van der Waals surface area contributed by atoms with Gasteiger partial charge in [0.25, 0.3) is 0 Å². The molecule has 0 radical (unpaired) electrons. The van der Waals surface area contributed by atoms with Crippen LogP contribution in [0.1, 0.15) is 43.0 Å². The summed E-state index contributed by atoms with van der Waals surface area (Å²) in [4.78, 5) is 12.4. The number of fused-ring (bicyclic) bond motifs is 1. The Morgan fingerprint density at radius 2 is 2.04 bits per heavy atom. The first-order chi connectivity index (χ1) is 11.8. The molecule has 0 fully saturated rings. The highest BCUT2D eigenvalue weighted by molar-refractivity contribution is 6.32. The van der Waals surface area contributed by atoms with Crippen LogP contribution in [0.5, 0.6) is 5.75 Å². The molecular weight excluding hydrogens is 334 g/mol. The first-order valence-electron chi connectivity index (χ1n) is 8.37. The number of ether oxygens (including phenoxy) is 1. The van der Waals surface area contributed by atoms with Gasteiger partial charge in [-0.15, -0.1) is 0 Å². The largest absolute Gasteiger partial charge is 0.487 e. The lowest BCUT2D eigenvalue weighted by Crippen LogP contribution is -2.40. The Balaban J connectivity index is 1.78.